The van der Waals surface area contributed by atoms with Gasteiger partial charge in [-0.15, -0.1) is 0 Å². The molecule has 42 heavy (non-hydrogen) atoms. The maximum absolute atomic E-state index is 11.9. The molecule has 2 aromatic heterocycles. The summed E-state index contributed by atoms with van der Waals surface area (Å²) in [5, 5.41) is 8.42. The molecule has 1 atom stereocenters. The van der Waals surface area contributed by atoms with Crippen LogP contribution in [0.5, 0.6) is 6.01 Å². The Labute approximate surface area is 246 Å². The number of nitrogens with zero attached hydrogens (tertiary/aromatic N) is 4. The highest BCUT2D eigenvalue weighted by Gasteiger charge is 2.20. The Morgan fingerprint density at radius 2 is 1.81 bits per heavy atom. The summed E-state index contributed by atoms with van der Waals surface area (Å²) < 4.78 is 18.9. The molecule has 1 unspecified atom stereocenters. The Morgan fingerprint density at radius 3 is 2.50 bits per heavy atom. The maximum atomic E-state index is 11.9. The van der Waals surface area contributed by atoms with Crippen LogP contribution in [0.1, 0.15) is 76.3 Å². The second-order valence-electron chi connectivity index (χ2n) is 11.3. The van der Waals surface area contributed by atoms with E-state index in [0.29, 0.717) is 0 Å². The van der Waals surface area contributed by atoms with Crippen molar-refractivity contribution in [3.63, 3.8) is 0 Å². The average molecular weight is 570 g/mol. The van der Waals surface area contributed by atoms with Gasteiger partial charge in [-0.3, -0.25) is 0 Å². The maximum Gasteiger partial charge on any atom is 0.407 e. The van der Waals surface area contributed by atoms with Crippen molar-refractivity contribution in [2.24, 2.45) is 0 Å². The van der Waals surface area contributed by atoms with Gasteiger partial charge in [0.15, 0.2) is 6.23 Å². The largest absolute Gasteiger partial charge is 0.462 e. The van der Waals surface area contributed by atoms with Gasteiger partial charge in [0, 0.05) is 30.0 Å². The Hall–Kier alpha value is -4.24. The predicted molar refractivity (Wildman–Crippen MR) is 163 cm³/mol. The van der Waals surface area contributed by atoms with E-state index in [0.717, 1.165) is 65.5 Å². The van der Waals surface area contributed by atoms with Crippen LogP contribution in [-0.4, -0.2) is 51.2 Å². The Bertz CT molecular complexity index is 1520. The number of rotatable bonds is 9. The third-order valence-corrected chi connectivity index (χ3v) is 7.01. The van der Waals surface area contributed by atoms with Crippen LogP contribution in [0, 0.1) is 0 Å². The first-order valence-corrected chi connectivity index (χ1v) is 14.6. The number of fused-ring (bicyclic) bond motifs is 1. The Morgan fingerprint density at radius 1 is 1.02 bits per heavy atom. The molecule has 1 aliphatic heterocycles. The number of nitrogens with one attached hydrogen (secondary N) is 1. The smallest absolute Gasteiger partial charge is 0.407 e. The van der Waals surface area contributed by atoms with Gasteiger partial charge in [0.05, 0.1) is 18.3 Å². The molecule has 0 saturated carbocycles. The molecule has 0 radical (unpaired) electrons. The minimum atomic E-state index is -0.555. The van der Waals surface area contributed by atoms with Gasteiger partial charge in [-0.25, -0.2) is 19.4 Å². The van der Waals surface area contributed by atoms with Crippen molar-refractivity contribution in [2.75, 3.05) is 19.8 Å². The number of allylic oxidation sites excluding steroid dienone is 1. The van der Waals surface area contributed by atoms with E-state index in [9.17, 15) is 4.79 Å². The summed E-state index contributed by atoms with van der Waals surface area (Å²) >= 11 is 0. The average Bonchev–Trinajstić information content (AvgIpc) is 3.42. The molecule has 1 fully saturated rings. The van der Waals surface area contributed by atoms with Gasteiger partial charge in [0.1, 0.15) is 12.2 Å². The number of benzene rings is 2. The van der Waals surface area contributed by atoms with Crippen molar-refractivity contribution in [1.29, 1.82) is 0 Å². The van der Waals surface area contributed by atoms with Crippen LogP contribution in [0.4, 0.5) is 4.79 Å². The topological polar surface area (TPSA) is 100 Å². The summed E-state index contributed by atoms with van der Waals surface area (Å²) in [7, 11) is 0. The molecule has 0 bridgehead atoms. The molecule has 9 nitrogen and oxygen atoms in total. The molecule has 220 valence electrons. The summed E-state index contributed by atoms with van der Waals surface area (Å²) in [4.78, 5) is 20.8. The number of hydrogen-bond acceptors (Lipinski definition) is 7. The van der Waals surface area contributed by atoms with Crippen LogP contribution in [0.3, 0.4) is 0 Å². The lowest BCUT2D eigenvalue weighted by molar-refractivity contribution is -0.0366. The van der Waals surface area contributed by atoms with Crippen molar-refractivity contribution in [1.82, 2.24) is 25.1 Å². The fourth-order valence-electron chi connectivity index (χ4n) is 5.16. The summed E-state index contributed by atoms with van der Waals surface area (Å²) in [5.41, 5.74) is 5.85. The number of carbonyl (C=O) groups excluding carboxylic acids is 1. The van der Waals surface area contributed by atoms with Gasteiger partial charge in [0.2, 0.25) is 0 Å². The molecule has 2 aromatic carbocycles. The second kappa shape index (κ2) is 13.2. The molecular weight excluding hydrogens is 530 g/mol. The van der Waals surface area contributed by atoms with Gasteiger partial charge in [0.25, 0.3) is 0 Å². The first kappa shape index (κ1) is 29.3. The SMILES string of the molecule is CC/C(=C(/c1cnc(OCCNC(=O)OC(C)(C)C)nc1)c1ccc2c(cnn2C2CCCCO2)c1)c1ccccc1. The van der Waals surface area contributed by atoms with Gasteiger partial charge >= 0.3 is 12.1 Å². The van der Waals surface area contributed by atoms with Crippen LogP contribution in [0.2, 0.25) is 0 Å². The summed E-state index contributed by atoms with van der Waals surface area (Å²) in [5.74, 6) is 0. The fourth-order valence-corrected chi connectivity index (χ4v) is 5.16. The van der Waals surface area contributed by atoms with E-state index in [1.807, 2.05) is 37.7 Å². The van der Waals surface area contributed by atoms with Crippen molar-refractivity contribution in [3.8, 4) is 6.01 Å². The quantitative estimate of drug-likeness (QED) is 0.175. The van der Waals surface area contributed by atoms with E-state index in [1.165, 1.54) is 5.57 Å². The van der Waals surface area contributed by atoms with Crippen LogP contribution in [0.15, 0.2) is 67.1 Å². The summed E-state index contributed by atoms with van der Waals surface area (Å²) in [6.45, 7) is 8.89. The molecule has 1 saturated heterocycles. The number of alkyl carbamates (subject to hydrolysis) is 1. The molecule has 9 heteroatoms. The zero-order chi connectivity index (χ0) is 29.5. The lowest BCUT2D eigenvalue weighted by Gasteiger charge is -2.23. The van der Waals surface area contributed by atoms with Crippen LogP contribution < -0.4 is 10.1 Å². The van der Waals surface area contributed by atoms with Gasteiger partial charge in [-0.1, -0.05) is 43.3 Å². The van der Waals surface area contributed by atoms with E-state index in [2.05, 4.69) is 64.7 Å². The lowest BCUT2D eigenvalue weighted by Crippen LogP contribution is -2.34. The molecule has 0 aliphatic carbocycles. The Kier molecular flexibility index (Phi) is 9.17. The third-order valence-electron chi connectivity index (χ3n) is 7.01. The molecule has 4 aromatic rings. The number of hydrogen-bond donors (Lipinski definition) is 1. The van der Waals surface area contributed by atoms with Crippen LogP contribution >= 0.6 is 0 Å². The second-order valence-corrected chi connectivity index (χ2v) is 11.3. The Balaban J connectivity index is 1.41. The number of carbonyl (C=O) groups is 1. The zero-order valence-electron chi connectivity index (χ0n) is 24.8. The van der Waals surface area contributed by atoms with Gasteiger partial charge < -0.3 is 19.5 Å². The van der Waals surface area contributed by atoms with Crippen LogP contribution in [0.25, 0.3) is 22.0 Å². The zero-order valence-corrected chi connectivity index (χ0v) is 24.8. The highest BCUT2D eigenvalue weighted by Crippen LogP contribution is 2.36. The summed E-state index contributed by atoms with van der Waals surface area (Å²) in [6, 6.07) is 17.1. The van der Waals surface area contributed by atoms with E-state index in [4.69, 9.17) is 19.3 Å². The number of ether oxygens (including phenoxy) is 3. The molecular formula is C33H39N5O4. The fraction of sp³-hybridized carbons (Fsp3) is 0.394. The van der Waals surface area contributed by atoms with E-state index in [-0.39, 0.29) is 25.4 Å². The van der Waals surface area contributed by atoms with E-state index in [1.54, 1.807) is 12.4 Å². The monoisotopic (exact) mass is 569 g/mol. The molecule has 0 spiro atoms. The highest BCUT2D eigenvalue weighted by molar-refractivity contribution is 6.00. The van der Waals surface area contributed by atoms with Crippen molar-refractivity contribution < 1.29 is 19.0 Å². The molecule has 1 N–H and O–H groups in total. The van der Waals surface area contributed by atoms with Crippen molar-refractivity contribution in [2.45, 2.75) is 65.2 Å². The van der Waals surface area contributed by atoms with Crippen molar-refractivity contribution >= 4 is 28.1 Å². The van der Waals surface area contributed by atoms with E-state index >= 15 is 0 Å². The third kappa shape index (κ3) is 7.15. The molecule has 1 amide bonds. The molecule has 1 aliphatic rings. The predicted octanol–water partition coefficient (Wildman–Crippen LogP) is 6.80. The molecule has 5 rings (SSSR count). The molecule has 3 heterocycles. The minimum absolute atomic E-state index is 0.0205. The lowest BCUT2D eigenvalue weighted by atomic mass is 9.89. The van der Waals surface area contributed by atoms with E-state index < -0.39 is 11.7 Å². The highest BCUT2D eigenvalue weighted by atomic mass is 16.6. The van der Waals surface area contributed by atoms with Gasteiger partial charge in [-0.2, -0.15) is 5.10 Å². The minimum Gasteiger partial charge on any atom is -0.462 e. The number of aromatic nitrogens is 4. The first-order valence-electron chi connectivity index (χ1n) is 14.6. The summed E-state index contributed by atoms with van der Waals surface area (Å²) in [6.07, 6.45) is 9.04. The normalized spacial score (nSPS) is 16.1. The standard InChI is InChI=1S/C33H39N5O4/c1-5-27(23-11-7-6-8-12-23)30(24-14-15-28-25(19-24)22-37-38(28)29-13-9-10-17-40-29)26-20-35-31(36-21-26)41-18-16-34-32(39)42-33(2,3)4/h6-8,11-12,14-15,19-22,29H,5,9-10,13,16-18H2,1-4H3,(H,34,39)/b30-27-. The van der Waals surface area contributed by atoms with Crippen LogP contribution in [-0.2, 0) is 9.47 Å². The number of amides is 1. The van der Waals surface area contributed by atoms with Crippen molar-refractivity contribution in [3.05, 3.63) is 83.8 Å². The van der Waals surface area contributed by atoms with Gasteiger partial charge in [-0.05, 0) is 80.9 Å². The first-order chi connectivity index (χ1) is 20.3.